The Morgan fingerprint density at radius 1 is 0.939 bits per heavy atom. The van der Waals surface area contributed by atoms with Crippen molar-refractivity contribution in [2.75, 3.05) is 11.4 Å². The van der Waals surface area contributed by atoms with Crippen molar-refractivity contribution in [1.29, 1.82) is 0 Å². The average Bonchev–Trinajstić information content (AvgIpc) is 2.77. The van der Waals surface area contributed by atoms with Crippen LogP contribution in [0.15, 0.2) is 53.5 Å². The predicted molar refractivity (Wildman–Crippen MR) is 141 cm³/mol. The lowest BCUT2D eigenvalue weighted by Crippen LogP contribution is -2.48. The minimum atomic E-state index is 0.0554. The molecule has 2 nitrogen and oxygen atoms in total. The minimum Gasteiger partial charge on any atom is -0.363 e. The molecule has 0 N–H and O–H groups in total. The van der Waals surface area contributed by atoms with Crippen LogP contribution in [0.3, 0.4) is 0 Å². The van der Waals surface area contributed by atoms with Gasteiger partial charge in [0.1, 0.15) is 0 Å². The highest BCUT2D eigenvalue weighted by Gasteiger charge is 2.51. The molecule has 2 aromatic rings. The van der Waals surface area contributed by atoms with Gasteiger partial charge in [0, 0.05) is 24.0 Å². The summed E-state index contributed by atoms with van der Waals surface area (Å²) < 4.78 is 0. The summed E-state index contributed by atoms with van der Waals surface area (Å²) in [7, 11) is 0. The van der Waals surface area contributed by atoms with Crippen molar-refractivity contribution in [1.82, 2.24) is 0 Å². The molecule has 0 radical (unpaired) electrons. The summed E-state index contributed by atoms with van der Waals surface area (Å²) in [6.07, 6.45) is 13.2. The van der Waals surface area contributed by atoms with Crippen molar-refractivity contribution >= 4 is 23.2 Å². The van der Waals surface area contributed by atoms with Crippen LogP contribution in [0, 0.1) is 17.8 Å². The van der Waals surface area contributed by atoms with Gasteiger partial charge in [-0.15, -0.1) is 0 Å². The number of aliphatic imine (C=N–C) groups is 1. The molecule has 0 atom stereocenters. The molecule has 4 bridgehead atoms. The molecule has 0 aromatic heterocycles. The van der Waals surface area contributed by atoms with E-state index in [0.29, 0.717) is 5.41 Å². The summed E-state index contributed by atoms with van der Waals surface area (Å²) in [4.78, 5) is 7.33. The van der Waals surface area contributed by atoms with Crippen molar-refractivity contribution in [3.05, 3.63) is 65.2 Å². The fourth-order valence-corrected chi connectivity index (χ4v) is 8.27. The van der Waals surface area contributed by atoms with E-state index >= 15 is 0 Å². The number of nitrogens with zero attached hydrogens (tertiary/aromatic N) is 2. The molecule has 172 valence electrons. The molecule has 2 heteroatoms. The van der Waals surface area contributed by atoms with Crippen LogP contribution in [0.25, 0.3) is 5.57 Å². The van der Waals surface area contributed by atoms with Crippen LogP contribution in [-0.2, 0) is 5.41 Å². The van der Waals surface area contributed by atoms with E-state index in [1.54, 1.807) is 5.56 Å². The van der Waals surface area contributed by atoms with E-state index in [9.17, 15) is 0 Å². The summed E-state index contributed by atoms with van der Waals surface area (Å²) in [6, 6.07) is 16.1. The van der Waals surface area contributed by atoms with Crippen molar-refractivity contribution in [2.24, 2.45) is 22.7 Å². The minimum absolute atomic E-state index is 0.0554. The molecule has 1 heterocycles. The highest BCUT2D eigenvalue weighted by atomic mass is 15.2. The third kappa shape index (κ3) is 3.57. The first-order chi connectivity index (χ1) is 15.8. The number of fused-ring (bicyclic) bond motifs is 1. The summed E-state index contributed by atoms with van der Waals surface area (Å²) >= 11 is 0. The number of likely N-dealkylation sites (N-methyl/N-ethyl adjacent to an activating group) is 1. The molecule has 2 aromatic carbocycles. The second kappa shape index (κ2) is 7.58. The molecule has 0 unspecified atom stereocenters. The van der Waals surface area contributed by atoms with Crippen LogP contribution in [-0.4, -0.2) is 18.3 Å². The lowest BCUT2D eigenvalue weighted by atomic mass is 9.48. The summed E-state index contributed by atoms with van der Waals surface area (Å²) in [5.41, 5.74) is 8.36. The van der Waals surface area contributed by atoms with Gasteiger partial charge in [0.15, 0.2) is 0 Å². The zero-order chi connectivity index (χ0) is 22.8. The van der Waals surface area contributed by atoms with Gasteiger partial charge in [-0.25, -0.2) is 0 Å². The molecule has 0 spiro atoms. The van der Waals surface area contributed by atoms with Crippen LogP contribution in [0.5, 0.6) is 0 Å². The maximum Gasteiger partial charge on any atom is 0.0630 e. The van der Waals surface area contributed by atoms with Gasteiger partial charge < -0.3 is 4.90 Å². The Hall–Kier alpha value is -2.35. The quantitative estimate of drug-likeness (QED) is 0.443. The topological polar surface area (TPSA) is 15.6 Å². The van der Waals surface area contributed by atoms with E-state index < -0.39 is 0 Å². The number of hydrogen-bond donors (Lipinski definition) is 0. The standard InChI is InChI=1S/C31H38N2/c1-5-33-29-11-6-22(15-28(29)21(2)16-30(33,3)4)20-32-27-9-7-26(8-10-27)31-17-23-12-24(18-31)14-25(13-23)19-31/h6-11,15-16,20,23-25H,5,12-14,17-19H2,1-4H3. The molecular weight excluding hydrogens is 400 g/mol. The maximum atomic E-state index is 4.85. The lowest BCUT2D eigenvalue weighted by Gasteiger charge is -2.57. The smallest absolute Gasteiger partial charge is 0.0630 e. The number of allylic oxidation sites excluding steroid dienone is 1. The van der Waals surface area contributed by atoms with Gasteiger partial charge in [-0.1, -0.05) is 24.3 Å². The highest BCUT2D eigenvalue weighted by Crippen LogP contribution is 2.60. The first kappa shape index (κ1) is 21.2. The van der Waals surface area contributed by atoms with Gasteiger partial charge >= 0.3 is 0 Å². The maximum absolute atomic E-state index is 4.85. The van der Waals surface area contributed by atoms with E-state index in [1.807, 2.05) is 6.21 Å². The third-order valence-corrected chi connectivity index (χ3v) is 9.20. The zero-order valence-electron chi connectivity index (χ0n) is 20.8. The number of hydrogen-bond acceptors (Lipinski definition) is 2. The van der Waals surface area contributed by atoms with Crippen LogP contribution in [0.4, 0.5) is 11.4 Å². The Morgan fingerprint density at radius 3 is 2.18 bits per heavy atom. The summed E-state index contributed by atoms with van der Waals surface area (Å²) in [6.45, 7) is 10.1. The van der Waals surface area contributed by atoms with E-state index in [2.05, 4.69) is 81.1 Å². The third-order valence-electron chi connectivity index (χ3n) is 9.20. The van der Waals surface area contributed by atoms with Crippen molar-refractivity contribution in [3.8, 4) is 0 Å². The Balaban J connectivity index is 1.22. The first-order valence-electron chi connectivity index (χ1n) is 13.1. The molecule has 4 aliphatic carbocycles. The second-order valence-corrected chi connectivity index (χ2v) is 12.0. The zero-order valence-corrected chi connectivity index (χ0v) is 20.8. The first-order valence-corrected chi connectivity index (χ1v) is 13.1. The number of benzene rings is 2. The van der Waals surface area contributed by atoms with Gasteiger partial charge in [0.2, 0.25) is 0 Å². The van der Waals surface area contributed by atoms with Crippen molar-refractivity contribution in [2.45, 2.75) is 77.2 Å². The normalized spacial score (nSPS) is 31.7. The van der Waals surface area contributed by atoms with Crippen molar-refractivity contribution in [3.63, 3.8) is 0 Å². The van der Waals surface area contributed by atoms with Gasteiger partial charge in [0.05, 0.1) is 11.2 Å². The largest absolute Gasteiger partial charge is 0.363 e. The Bertz CT molecular complexity index is 1080. The molecule has 1 aliphatic heterocycles. The Morgan fingerprint density at radius 2 is 1.58 bits per heavy atom. The summed E-state index contributed by atoms with van der Waals surface area (Å²) in [5, 5.41) is 0. The monoisotopic (exact) mass is 438 g/mol. The molecule has 4 saturated carbocycles. The predicted octanol–water partition coefficient (Wildman–Crippen LogP) is 7.93. The van der Waals surface area contributed by atoms with Crippen LogP contribution >= 0.6 is 0 Å². The van der Waals surface area contributed by atoms with Crippen LogP contribution in [0.2, 0.25) is 0 Å². The van der Waals surface area contributed by atoms with E-state index in [-0.39, 0.29) is 5.54 Å². The average molecular weight is 439 g/mol. The molecule has 7 rings (SSSR count). The second-order valence-electron chi connectivity index (χ2n) is 12.0. The molecular formula is C31H38N2. The molecule has 4 fully saturated rings. The van der Waals surface area contributed by atoms with Gasteiger partial charge in [-0.2, -0.15) is 0 Å². The highest BCUT2D eigenvalue weighted by molar-refractivity contribution is 5.88. The van der Waals surface area contributed by atoms with Crippen LogP contribution < -0.4 is 4.90 Å². The SMILES string of the molecule is CCN1c2ccc(C=Nc3ccc(C45CC6CC(CC(C6)C4)C5)cc3)cc2C(C)=CC1(C)C. The van der Waals surface area contributed by atoms with Crippen molar-refractivity contribution < 1.29 is 0 Å². The fourth-order valence-electron chi connectivity index (χ4n) is 8.27. The van der Waals surface area contributed by atoms with Gasteiger partial charge in [-0.3, -0.25) is 4.99 Å². The Labute approximate surface area is 199 Å². The molecule has 5 aliphatic rings. The number of anilines is 1. The molecule has 0 saturated heterocycles. The van der Waals surface area contributed by atoms with E-state index in [1.165, 1.54) is 60.9 Å². The van der Waals surface area contributed by atoms with E-state index in [0.717, 1.165) is 30.0 Å². The van der Waals surface area contributed by atoms with Gasteiger partial charge in [0.25, 0.3) is 0 Å². The lowest BCUT2D eigenvalue weighted by molar-refractivity contribution is -0.00518. The molecule has 0 amide bonds. The van der Waals surface area contributed by atoms with E-state index in [4.69, 9.17) is 4.99 Å². The Kier molecular flexibility index (Phi) is 4.87. The molecule has 33 heavy (non-hydrogen) atoms. The van der Waals surface area contributed by atoms with Gasteiger partial charge in [-0.05, 0) is 130 Å². The summed E-state index contributed by atoms with van der Waals surface area (Å²) in [5.74, 6) is 2.97. The van der Waals surface area contributed by atoms with Crippen LogP contribution in [0.1, 0.15) is 82.9 Å². The number of rotatable bonds is 4. The fraction of sp³-hybridized carbons (Fsp3) is 0.516.